The number of hydrogen-bond acceptors (Lipinski definition) is 5. The molecule has 0 bridgehead atoms. The summed E-state index contributed by atoms with van der Waals surface area (Å²) in [7, 11) is 0. The third-order valence-electron chi connectivity index (χ3n) is 4.30. The second kappa shape index (κ2) is 9.57. The van der Waals surface area contributed by atoms with E-state index in [1.54, 1.807) is 48.5 Å². The summed E-state index contributed by atoms with van der Waals surface area (Å²) in [5.41, 5.74) is 0.875. The van der Waals surface area contributed by atoms with E-state index in [0.717, 1.165) is 19.4 Å². The smallest absolute Gasteiger partial charge is 0.338 e. The molecule has 1 aliphatic heterocycles. The number of amides is 1. The molecule has 0 aliphatic carbocycles. The Morgan fingerprint density at radius 2 is 2.04 bits per heavy atom. The van der Waals surface area contributed by atoms with Crippen molar-refractivity contribution in [1.29, 1.82) is 0 Å². The number of rotatable bonds is 7. The molecule has 1 saturated heterocycles. The largest absolute Gasteiger partial charge is 0.491 e. The highest BCUT2D eigenvalue weighted by Gasteiger charge is 2.20. The maximum Gasteiger partial charge on any atom is 0.338 e. The molecule has 1 N–H and O–H groups in total. The summed E-state index contributed by atoms with van der Waals surface area (Å²) in [5.74, 6) is -0.370. The number of nitrogens with one attached hydrogen (secondary N) is 1. The van der Waals surface area contributed by atoms with Gasteiger partial charge in [0.2, 0.25) is 0 Å². The van der Waals surface area contributed by atoms with Gasteiger partial charge in [-0.3, -0.25) is 4.79 Å². The summed E-state index contributed by atoms with van der Waals surface area (Å²) in [5, 5.41) is 3.16. The molecule has 0 spiro atoms. The van der Waals surface area contributed by atoms with Crippen LogP contribution in [-0.2, 0) is 14.3 Å². The van der Waals surface area contributed by atoms with Gasteiger partial charge in [-0.05, 0) is 62.2 Å². The monoisotopic (exact) mass is 403 g/mol. The van der Waals surface area contributed by atoms with Crippen LogP contribution in [0.25, 0.3) is 0 Å². The molecule has 0 unspecified atom stereocenters. The van der Waals surface area contributed by atoms with Crippen molar-refractivity contribution in [2.75, 3.05) is 18.5 Å². The van der Waals surface area contributed by atoms with E-state index < -0.39 is 18.0 Å². The highest BCUT2D eigenvalue weighted by atomic mass is 35.5. The SMILES string of the molecule is C[C@@H](OC(=O)c1ccc(OC[C@@H]2CCCO2)cc1)C(=O)Nc1cccc(Cl)c1. The summed E-state index contributed by atoms with van der Waals surface area (Å²) < 4.78 is 16.4. The molecule has 2 aromatic carbocycles. The highest BCUT2D eigenvalue weighted by molar-refractivity contribution is 6.30. The zero-order valence-corrected chi connectivity index (χ0v) is 16.3. The van der Waals surface area contributed by atoms with Crippen molar-refractivity contribution in [3.8, 4) is 5.75 Å². The van der Waals surface area contributed by atoms with Gasteiger partial charge in [-0.2, -0.15) is 0 Å². The lowest BCUT2D eigenvalue weighted by atomic mass is 10.2. The lowest BCUT2D eigenvalue weighted by molar-refractivity contribution is -0.123. The van der Waals surface area contributed by atoms with E-state index in [4.69, 9.17) is 25.8 Å². The fraction of sp³-hybridized carbons (Fsp3) is 0.333. The molecule has 1 heterocycles. The Labute approximate surface area is 168 Å². The quantitative estimate of drug-likeness (QED) is 0.705. The van der Waals surface area contributed by atoms with Crippen LogP contribution in [0, 0.1) is 0 Å². The van der Waals surface area contributed by atoms with Crippen LogP contribution in [-0.4, -0.2) is 37.3 Å². The molecule has 0 aromatic heterocycles. The minimum Gasteiger partial charge on any atom is -0.491 e. The van der Waals surface area contributed by atoms with Crippen LogP contribution in [0.1, 0.15) is 30.1 Å². The van der Waals surface area contributed by atoms with Gasteiger partial charge in [0.05, 0.1) is 11.7 Å². The molecular weight excluding hydrogens is 382 g/mol. The molecule has 0 radical (unpaired) electrons. The fourth-order valence-corrected chi connectivity index (χ4v) is 2.93. The Bertz CT molecular complexity index is 818. The Kier molecular flexibility index (Phi) is 6.90. The van der Waals surface area contributed by atoms with Crippen molar-refractivity contribution in [2.24, 2.45) is 0 Å². The predicted molar refractivity (Wildman–Crippen MR) is 106 cm³/mol. The molecule has 1 aliphatic rings. The normalized spacial score (nSPS) is 17.0. The number of benzene rings is 2. The predicted octanol–water partition coefficient (Wildman–Crippen LogP) is 4.08. The number of ether oxygens (including phenoxy) is 3. The van der Waals surface area contributed by atoms with Crippen LogP contribution in [0.5, 0.6) is 5.75 Å². The van der Waals surface area contributed by atoms with E-state index in [0.29, 0.717) is 28.6 Å². The molecule has 28 heavy (non-hydrogen) atoms. The van der Waals surface area contributed by atoms with Gasteiger partial charge in [0, 0.05) is 17.3 Å². The Hall–Kier alpha value is -2.57. The summed E-state index contributed by atoms with van der Waals surface area (Å²) in [6.45, 7) is 2.78. The van der Waals surface area contributed by atoms with Crippen LogP contribution in [0.3, 0.4) is 0 Å². The van der Waals surface area contributed by atoms with Gasteiger partial charge in [-0.25, -0.2) is 4.79 Å². The molecule has 0 saturated carbocycles. The van der Waals surface area contributed by atoms with Crippen molar-refractivity contribution in [1.82, 2.24) is 0 Å². The maximum atomic E-state index is 12.3. The highest BCUT2D eigenvalue weighted by Crippen LogP contribution is 2.18. The average Bonchev–Trinajstić information content (AvgIpc) is 3.20. The topological polar surface area (TPSA) is 73.9 Å². The van der Waals surface area contributed by atoms with Gasteiger partial charge in [0.15, 0.2) is 6.10 Å². The molecule has 7 heteroatoms. The van der Waals surface area contributed by atoms with Gasteiger partial charge in [0.25, 0.3) is 5.91 Å². The first-order chi connectivity index (χ1) is 13.5. The Balaban J connectivity index is 1.49. The van der Waals surface area contributed by atoms with E-state index in [-0.39, 0.29) is 6.10 Å². The first-order valence-corrected chi connectivity index (χ1v) is 9.51. The summed E-state index contributed by atoms with van der Waals surface area (Å²) in [6.07, 6.45) is 1.23. The van der Waals surface area contributed by atoms with Crippen LogP contribution < -0.4 is 10.1 Å². The lowest BCUT2D eigenvalue weighted by Crippen LogP contribution is -2.30. The van der Waals surface area contributed by atoms with Crippen molar-refractivity contribution in [3.63, 3.8) is 0 Å². The van der Waals surface area contributed by atoms with E-state index in [1.165, 1.54) is 6.92 Å². The van der Waals surface area contributed by atoms with Crippen molar-refractivity contribution in [2.45, 2.75) is 32.0 Å². The van der Waals surface area contributed by atoms with Crippen molar-refractivity contribution >= 4 is 29.2 Å². The van der Waals surface area contributed by atoms with Gasteiger partial charge in [0.1, 0.15) is 12.4 Å². The third kappa shape index (κ3) is 5.71. The summed E-state index contributed by atoms with van der Waals surface area (Å²) in [4.78, 5) is 24.5. The van der Waals surface area contributed by atoms with Crippen molar-refractivity contribution in [3.05, 3.63) is 59.1 Å². The van der Waals surface area contributed by atoms with Gasteiger partial charge in [-0.1, -0.05) is 17.7 Å². The molecule has 3 rings (SSSR count). The van der Waals surface area contributed by atoms with E-state index in [2.05, 4.69) is 5.32 Å². The van der Waals surface area contributed by atoms with E-state index in [9.17, 15) is 9.59 Å². The second-order valence-corrected chi connectivity index (χ2v) is 6.95. The van der Waals surface area contributed by atoms with Crippen LogP contribution in [0.15, 0.2) is 48.5 Å². The lowest BCUT2D eigenvalue weighted by Gasteiger charge is -2.14. The zero-order valence-electron chi connectivity index (χ0n) is 15.5. The van der Waals surface area contributed by atoms with Gasteiger partial charge < -0.3 is 19.5 Å². The first-order valence-electron chi connectivity index (χ1n) is 9.13. The molecule has 1 fully saturated rings. The standard InChI is InChI=1S/C21H22ClNO5/c1-14(20(24)23-17-5-2-4-16(22)12-17)28-21(25)15-7-9-18(10-8-15)27-13-19-6-3-11-26-19/h2,4-5,7-10,12,14,19H,3,6,11,13H2,1H3,(H,23,24)/t14-,19+/m1/s1. The fourth-order valence-electron chi connectivity index (χ4n) is 2.74. The van der Waals surface area contributed by atoms with E-state index >= 15 is 0 Å². The number of carbonyl (C=O) groups excluding carboxylic acids is 2. The molecule has 2 aromatic rings. The second-order valence-electron chi connectivity index (χ2n) is 6.52. The van der Waals surface area contributed by atoms with Crippen molar-refractivity contribution < 1.29 is 23.8 Å². The summed E-state index contributed by atoms with van der Waals surface area (Å²) >= 11 is 5.89. The number of halogens is 1. The molecule has 2 atom stereocenters. The third-order valence-corrected chi connectivity index (χ3v) is 4.53. The zero-order chi connectivity index (χ0) is 19.9. The maximum absolute atomic E-state index is 12.3. The average molecular weight is 404 g/mol. The van der Waals surface area contributed by atoms with Crippen LogP contribution >= 0.6 is 11.6 Å². The molecular formula is C21H22ClNO5. The number of anilines is 1. The van der Waals surface area contributed by atoms with E-state index in [1.807, 2.05) is 0 Å². The summed E-state index contributed by atoms with van der Waals surface area (Å²) in [6, 6.07) is 13.3. The first kappa shape index (κ1) is 20.2. The molecule has 1 amide bonds. The van der Waals surface area contributed by atoms with Crippen LogP contribution in [0.4, 0.5) is 5.69 Å². The Morgan fingerprint density at radius 1 is 1.25 bits per heavy atom. The molecule has 148 valence electrons. The minimum atomic E-state index is -0.957. The van der Waals surface area contributed by atoms with Gasteiger partial charge >= 0.3 is 5.97 Å². The number of hydrogen-bond donors (Lipinski definition) is 1. The number of esters is 1. The minimum absolute atomic E-state index is 0.128. The number of carbonyl (C=O) groups is 2. The Morgan fingerprint density at radius 3 is 2.71 bits per heavy atom. The van der Waals surface area contributed by atoms with Gasteiger partial charge in [-0.15, -0.1) is 0 Å². The molecule has 6 nitrogen and oxygen atoms in total. The van der Waals surface area contributed by atoms with Crippen LogP contribution in [0.2, 0.25) is 5.02 Å².